The summed E-state index contributed by atoms with van der Waals surface area (Å²) in [7, 11) is 0. The van der Waals surface area contributed by atoms with Crippen LogP contribution in [0.3, 0.4) is 0 Å². The Morgan fingerprint density at radius 3 is 2.60 bits per heavy atom. The summed E-state index contributed by atoms with van der Waals surface area (Å²) < 4.78 is 0. The highest BCUT2D eigenvalue weighted by Crippen LogP contribution is 2.45. The highest BCUT2D eigenvalue weighted by molar-refractivity contribution is 6.09. The molecule has 0 radical (unpaired) electrons. The second-order valence-corrected chi connectivity index (χ2v) is 9.89. The van der Waals surface area contributed by atoms with Gasteiger partial charge in [0.25, 0.3) is 5.91 Å². The van der Waals surface area contributed by atoms with E-state index in [1.54, 1.807) is 4.90 Å². The number of aromatic amines is 1. The molecule has 7 heteroatoms. The minimum atomic E-state index is -0.818. The lowest BCUT2D eigenvalue weighted by atomic mass is 9.65. The van der Waals surface area contributed by atoms with E-state index in [9.17, 15) is 14.4 Å². The van der Waals surface area contributed by atoms with E-state index in [4.69, 9.17) is 0 Å². The Kier molecular flexibility index (Phi) is 5.41. The van der Waals surface area contributed by atoms with Crippen LogP contribution in [-0.4, -0.2) is 51.3 Å². The van der Waals surface area contributed by atoms with Crippen molar-refractivity contribution in [1.82, 2.24) is 20.1 Å². The molecule has 1 aromatic heterocycles. The van der Waals surface area contributed by atoms with E-state index in [1.807, 2.05) is 18.3 Å². The minimum Gasteiger partial charge on any atom is -0.363 e. The average Bonchev–Trinajstić information content (AvgIpc) is 3.46. The number of hydrogen-bond donors (Lipinski definition) is 2. The lowest BCUT2D eigenvalue weighted by molar-refractivity contribution is -0.140. The summed E-state index contributed by atoms with van der Waals surface area (Å²) in [4.78, 5) is 45.1. The van der Waals surface area contributed by atoms with Crippen molar-refractivity contribution < 1.29 is 14.4 Å². The number of aromatic nitrogens is 1. The van der Waals surface area contributed by atoms with Gasteiger partial charge in [0.05, 0.1) is 6.04 Å². The summed E-state index contributed by atoms with van der Waals surface area (Å²) in [6, 6.07) is 3.48. The molecule has 1 saturated carbocycles. The van der Waals surface area contributed by atoms with Gasteiger partial charge in [0, 0.05) is 18.4 Å². The van der Waals surface area contributed by atoms with Gasteiger partial charge in [-0.05, 0) is 62.0 Å². The molecule has 2 saturated heterocycles. The molecule has 2 aliphatic heterocycles. The molecule has 1 atom stereocenters. The molecule has 3 fully saturated rings. The largest absolute Gasteiger partial charge is 0.363 e. The van der Waals surface area contributed by atoms with Crippen molar-refractivity contribution in [3.63, 3.8) is 0 Å². The van der Waals surface area contributed by atoms with Gasteiger partial charge in [-0.2, -0.15) is 0 Å². The van der Waals surface area contributed by atoms with Gasteiger partial charge in [-0.15, -0.1) is 0 Å². The van der Waals surface area contributed by atoms with E-state index in [2.05, 4.69) is 31.1 Å². The van der Waals surface area contributed by atoms with Crippen molar-refractivity contribution in [1.29, 1.82) is 0 Å². The van der Waals surface area contributed by atoms with E-state index in [0.29, 0.717) is 25.3 Å². The first-order valence-electron chi connectivity index (χ1n) is 11.3. The molecule has 30 heavy (non-hydrogen) atoms. The predicted molar refractivity (Wildman–Crippen MR) is 113 cm³/mol. The Labute approximate surface area is 178 Å². The van der Waals surface area contributed by atoms with Gasteiger partial charge in [0.1, 0.15) is 12.1 Å². The third-order valence-electron chi connectivity index (χ3n) is 7.95. The zero-order chi connectivity index (χ0) is 21.5. The van der Waals surface area contributed by atoms with Gasteiger partial charge in [-0.25, -0.2) is 4.79 Å². The molecular weight excluding hydrogens is 380 g/mol. The highest BCUT2D eigenvalue weighted by atomic mass is 16.2. The van der Waals surface area contributed by atoms with Crippen LogP contribution in [0, 0.1) is 11.3 Å². The van der Waals surface area contributed by atoms with Crippen LogP contribution in [0.25, 0.3) is 0 Å². The molecule has 1 unspecified atom stereocenters. The van der Waals surface area contributed by atoms with Gasteiger partial charge in [-0.3, -0.25) is 14.5 Å². The van der Waals surface area contributed by atoms with Crippen LogP contribution in [0.15, 0.2) is 18.3 Å². The number of urea groups is 1. The summed E-state index contributed by atoms with van der Waals surface area (Å²) >= 11 is 0. The zero-order valence-electron chi connectivity index (χ0n) is 18.4. The standard InChI is InChI=1S/C23H34N4O3/c1-4-22(2,3)16-9-11-23(12-10-16)20(29)27(21(30)25-23)15-19(28)26-14-6-8-18(26)17-7-5-13-24-17/h5,7,13,16,18,24H,4,6,8-12,14-15H2,1-3H3,(H,25,30). The minimum absolute atomic E-state index is 0.00561. The first-order valence-corrected chi connectivity index (χ1v) is 11.3. The molecule has 2 N–H and O–H groups in total. The fourth-order valence-corrected chi connectivity index (χ4v) is 5.51. The zero-order valence-corrected chi connectivity index (χ0v) is 18.4. The Hall–Kier alpha value is -2.31. The number of carbonyl (C=O) groups excluding carboxylic acids is 3. The lowest BCUT2D eigenvalue weighted by Crippen LogP contribution is -2.51. The van der Waals surface area contributed by atoms with Crippen LogP contribution in [-0.2, 0) is 9.59 Å². The second-order valence-electron chi connectivity index (χ2n) is 9.89. The van der Waals surface area contributed by atoms with Crippen LogP contribution in [0.5, 0.6) is 0 Å². The molecule has 1 aromatic rings. The summed E-state index contributed by atoms with van der Waals surface area (Å²) in [6.45, 7) is 7.26. The molecule has 164 valence electrons. The van der Waals surface area contributed by atoms with Gasteiger partial charge in [-0.1, -0.05) is 27.2 Å². The average molecular weight is 415 g/mol. The van der Waals surface area contributed by atoms with E-state index in [0.717, 1.165) is 42.7 Å². The molecule has 4 amide bonds. The predicted octanol–water partition coefficient (Wildman–Crippen LogP) is 3.60. The van der Waals surface area contributed by atoms with Gasteiger partial charge in [0.2, 0.25) is 5.91 Å². The van der Waals surface area contributed by atoms with E-state index < -0.39 is 11.6 Å². The molecular formula is C23H34N4O3. The maximum absolute atomic E-state index is 13.2. The molecule has 0 aromatic carbocycles. The number of nitrogens with zero attached hydrogens (tertiary/aromatic N) is 2. The molecule has 7 nitrogen and oxygen atoms in total. The van der Waals surface area contributed by atoms with Crippen molar-refractivity contribution >= 4 is 17.8 Å². The monoisotopic (exact) mass is 414 g/mol. The fraction of sp³-hybridized carbons (Fsp3) is 0.696. The number of amides is 4. The number of rotatable bonds is 5. The Morgan fingerprint density at radius 1 is 1.23 bits per heavy atom. The van der Waals surface area contributed by atoms with Crippen molar-refractivity contribution in [3.05, 3.63) is 24.0 Å². The number of hydrogen-bond acceptors (Lipinski definition) is 3. The Morgan fingerprint density at radius 2 is 1.97 bits per heavy atom. The highest BCUT2D eigenvalue weighted by Gasteiger charge is 2.54. The molecule has 3 aliphatic rings. The number of nitrogens with one attached hydrogen (secondary N) is 2. The maximum atomic E-state index is 13.2. The topological polar surface area (TPSA) is 85.5 Å². The summed E-state index contributed by atoms with van der Waals surface area (Å²) in [6.07, 6.45) is 7.94. The fourth-order valence-electron chi connectivity index (χ4n) is 5.51. The van der Waals surface area contributed by atoms with Crippen molar-refractivity contribution in [2.24, 2.45) is 11.3 Å². The maximum Gasteiger partial charge on any atom is 0.325 e. The van der Waals surface area contributed by atoms with Crippen molar-refractivity contribution in [2.75, 3.05) is 13.1 Å². The smallest absolute Gasteiger partial charge is 0.325 e. The first kappa shape index (κ1) is 20.9. The van der Waals surface area contributed by atoms with Crippen LogP contribution < -0.4 is 5.32 Å². The molecule has 0 bridgehead atoms. The van der Waals surface area contributed by atoms with Crippen LogP contribution in [0.2, 0.25) is 0 Å². The second kappa shape index (κ2) is 7.75. The normalized spacial score (nSPS) is 29.7. The quantitative estimate of drug-likeness (QED) is 0.722. The van der Waals surface area contributed by atoms with Gasteiger partial charge in [0.15, 0.2) is 0 Å². The van der Waals surface area contributed by atoms with Crippen molar-refractivity contribution in [2.45, 2.75) is 77.3 Å². The van der Waals surface area contributed by atoms with Crippen molar-refractivity contribution in [3.8, 4) is 0 Å². The van der Waals surface area contributed by atoms with E-state index >= 15 is 0 Å². The van der Waals surface area contributed by atoms with Gasteiger partial charge < -0.3 is 15.2 Å². The molecule has 3 heterocycles. The number of carbonyl (C=O) groups is 3. The third kappa shape index (κ3) is 3.52. The summed E-state index contributed by atoms with van der Waals surface area (Å²) in [5, 5.41) is 2.95. The summed E-state index contributed by atoms with van der Waals surface area (Å²) in [5.74, 6) is 0.178. The summed E-state index contributed by atoms with van der Waals surface area (Å²) in [5.41, 5.74) is 0.430. The lowest BCUT2D eigenvalue weighted by Gasteiger charge is -2.42. The Balaban J connectivity index is 1.42. The molecule has 1 spiro atoms. The number of H-pyrrole nitrogens is 1. The van der Waals surface area contributed by atoms with E-state index in [-0.39, 0.29) is 29.8 Å². The van der Waals surface area contributed by atoms with Crippen LogP contribution in [0.1, 0.15) is 77.5 Å². The molecule has 4 rings (SSSR count). The van der Waals surface area contributed by atoms with Crippen LogP contribution in [0.4, 0.5) is 4.79 Å². The Bertz CT molecular complexity index is 808. The molecule has 1 aliphatic carbocycles. The van der Waals surface area contributed by atoms with Gasteiger partial charge >= 0.3 is 6.03 Å². The third-order valence-corrected chi connectivity index (χ3v) is 7.95. The van der Waals surface area contributed by atoms with Crippen LogP contribution >= 0.6 is 0 Å². The van der Waals surface area contributed by atoms with E-state index in [1.165, 1.54) is 0 Å². The number of likely N-dealkylation sites (tertiary alicyclic amines) is 1. The SMILES string of the molecule is CCC(C)(C)C1CCC2(CC1)NC(=O)N(CC(=O)N1CCCC1c1ccc[nH]1)C2=O. The first-order chi connectivity index (χ1) is 14.3. The number of imide groups is 1.